The molecule has 8 unspecified atom stereocenters. The lowest BCUT2D eigenvalue weighted by Gasteiger charge is -2.41. The van der Waals surface area contributed by atoms with E-state index in [4.69, 9.17) is 14.2 Å². The van der Waals surface area contributed by atoms with Crippen molar-refractivity contribution < 1.29 is 49.3 Å². The van der Waals surface area contributed by atoms with Gasteiger partial charge in [0, 0.05) is 6.42 Å². The number of amides is 1. The third-order valence-corrected chi connectivity index (χ3v) is 16.9. The zero-order valence-corrected chi connectivity index (χ0v) is 55.2. The number of aliphatic hydroxyl groups excluding tert-OH is 5. The average molecular weight is 1200 g/mol. The van der Waals surface area contributed by atoms with Crippen molar-refractivity contribution in [1.29, 1.82) is 0 Å². The fourth-order valence-electron chi connectivity index (χ4n) is 11.2. The number of esters is 1. The lowest BCUT2D eigenvalue weighted by molar-refractivity contribution is -0.305. The van der Waals surface area contributed by atoms with E-state index in [0.717, 1.165) is 77.0 Å². The van der Waals surface area contributed by atoms with E-state index in [0.29, 0.717) is 12.8 Å². The fraction of sp³-hybridized carbons (Fsp3) is 0.838. The smallest absolute Gasteiger partial charge is 0.306 e. The van der Waals surface area contributed by atoms with Crippen molar-refractivity contribution >= 4 is 11.9 Å². The minimum absolute atomic E-state index is 0.124. The van der Waals surface area contributed by atoms with Crippen LogP contribution in [0.3, 0.4) is 0 Å². The maximum absolute atomic E-state index is 13.5. The lowest BCUT2D eigenvalue weighted by atomic mass is 9.99. The van der Waals surface area contributed by atoms with Crippen LogP contribution in [-0.4, -0.2) is 99.6 Å². The van der Waals surface area contributed by atoms with Gasteiger partial charge in [0.2, 0.25) is 5.91 Å². The van der Waals surface area contributed by atoms with Gasteiger partial charge in [-0.05, 0) is 89.9 Å². The van der Waals surface area contributed by atoms with E-state index in [2.05, 4.69) is 74.7 Å². The van der Waals surface area contributed by atoms with E-state index in [1.807, 2.05) is 6.08 Å². The summed E-state index contributed by atoms with van der Waals surface area (Å²) in [5.41, 5.74) is 0. The molecular formula is C74H135NO10. The third kappa shape index (κ3) is 48.9. The van der Waals surface area contributed by atoms with E-state index in [9.17, 15) is 35.1 Å². The van der Waals surface area contributed by atoms with E-state index in [1.165, 1.54) is 212 Å². The van der Waals surface area contributed by atoms with Crippen molar-refractivity contribution in [3.8, 4) is 0 Å². The zero-order chi connectivity index (χ0) is 61.7. The van der Waals surface area contributed by atoms with Crippen molar-refractivity contribution in [2.45, 2.75) is 384 Å². The van der Waals surface area contributed by atoms with Gasteiger partial charge in [0.1, 0.15) is 24.4 Å². The van der Waals surface area contributed by atoms with Crippen LogP contribution < -0.4 is 5.32 Å². The number of aliphatic hydroxyl groups is 5. The van der Waals surface area contributed by atoms with Crippen LogP contribution in [0.1, 0.15) is 335 Å². The van der Waals surface area contributed by atoms with Crippen molar-refractivity contribution in [2.24, 2.45) is 0 Å². The Hall–Kier alpha value is -2.64. The molecule has 0 aromatic rings. The maximum Gasteiger partial charge on any atom is 0.306 e. The number of hydrogen-bond acceptors (Lipinski definition) is 10. The zero-order valence-electron chi connectivity index (χ0n) is 55.2. The molecule has 1 amide bonds. The van der Waals surface area contributed by atoms with Gasteiger partial charge in [-0.1, -0.05) is 300 Å². The van der Waals surface area contributed by atoms with Crippen LogP contribution in [0.4, 0.5) is 0 Å². The molecular weight excluding hydrogens is 1060 g/mol. The van der Waals surface area contributed by atoms with Gasteiger partial charge < -0.3 is 45.1 Å². The first kappa shape index (κ1) is 80.4. The molecule has 0 bridgehead atoms. The predicted molar refractivity (Wildman–Crippen MR) is 356 cm³/mol. The Morgan fingerprint density at radius 3 is 1.25 bits per heavy atom. The SMILES string of the molecule is CCCCC/C=C\C/C=C\C/C=C\CCCCCCCCCCCC(O)C(=O)NC(COC1OC(CO)C(O)C(O)C1OC(=O)CCCCCCCCCCCCCCC/C=C/CCCCCCCC)C(O)/C=C/CCCCCCCCCCC. The van der Waals surface area contributed by atoms with Crippen LogP contribution in [0.25, 0.3) is 0 Å². The summed E-state index contributed by atoms with van der Waals surface area (Å²) in [6.45, 7) is 5.79. The van der Waals surface area contributed by atoms with Crippen LogP contribution >= 0.6 is 0 Å². The molecule has 0 saturated carbocycles. The second-order valence-electron chi connectivity index (χ2n) is 25.0. The van der Waals surface area contributed by atoms with Crippen molar-refractivity contribution in [1.82, 2.24) is 5.32 Å². The first-order chi connectivity index (χ1) is 41.7. The van der Waals surface area contributed by atoms with Gasteiger partial charge in [-0.15, -0.1) is 0 Å². The number of ether oxygens (including phenoxy) is 3. The highest BCUT2D eigenvalue weighted by Crippen LogP contribution is 2.26. The van der Waals surface area contributed by atoms with Crippen LogP contribution in [0.5, 0.6) is 0 Å². The molecule has 11 heteroatoms. The number of allylic oxidation sites excluding steroid dienone is 9. The second-order valence-corrected chi connectivity index (χ2v) is 25.0. The first-order valence-electron chi connectivity index (χ1n) is 36.1. The Bertz CT molecular complexity index is 1620. The Morgan fingerprint density at radius 1 is 0.459 bits per heavy atom. The van der Waals surface area contributed by atoms with Gasteiger partial charge in [-0.3, -0.25) is 9.59 Å². The summed E-state index contributed by atoms with van der Waals surface area (Å²) in [6, 6.07) is -1.03. The molecule has 8 atom stereocenters. The summed E-state index contributed by atoms with van der Waals surface area (Å²) in [6.07, 6.45) is 68.3. The standard InChI is InChI=1S/C74H135NO10/c1-4-7-10-13-16-19-22-24-26-28-30-32-34-36-38-40-42-44-47-50-53-56-59-62-69(79)85-72-71(81)70(80)68(63-76)84-74(72)83-64-65(66(77)60-57-54-51-48-45-21-18-15-12-9-6-3)75-73(82)67(78)61-58-55-52-49-46-43-41-39-37-35-33-31-29-27-25-23-20-17-14-11-8-5-2/h17,20,24-27,31,33,57,60,65-68,70-72,74,76-78,80-81H,4-16,18-19,21-23,28-30,32,34-56,58-59,61-64H2,1-3H3,(H,75,82)/b20-17-,26-24+,27-25-,33-31-,60-57+. The molecule has 0 radical (unpaired) electrons. The van der Waals surface area contributed by atoms with E-state index in [-0.39, 0.29) is 19.4 Å². The maximum atomic E-state index is 13.5. The molecule has 1 fully saturated rings. The minimum Gasteiger partial charge on any atom is -0.454 e. The highest BCUT2D eigenvalue weighted by atomic mass is 16.7. The van der Waals surface area contributed by atoms with Crippen molar-refractivity contribution in [2.75, 3.05) is 13.2 Å². The highest BCUT2D eigenvalue weighted by molar-refractivity contribution is 5.80. The number of rotatable bonds is 62. The van der Waals surface area contributed by atoms with Gasteiger partial charge >= 0.3 is 5.97 Å². The van der Waals surface area contributed by atoms with Crippen LogP contribution in [0.2, 0.25) is 0 Å². The lowest BCUT2D eigenvalue weighted by Crippen LogP contribution is -2.61. The van der Waals surface area contributed by atoms with Gasteiger partial charge in [0.05, 0.1) is 25.4 Å². The van der Waals surface area contributed by atoms with E-state index in [1.54, 1.807) is 6.08 Å². The number of unbranched alkanes of at least 4 members (excludes halogenated alkanes) is 40. The molecule has 496 valence electrons. The molecule has 1 aliphatic rings. The van der Waals surface area contributed by atoms with E-state index < -0.39 is 67.4 Å². The quantitative estimate of drug-likeness (QED) is 0.0195. The van der Waals surface area contributed by atoms with Crippen LogP contribution in [-0.2, 0) is 23.8 Å². The topological polar surface area (TPSA) is 175 Å². The Kier molecular flexibility index (Phi) is 58.2. The normalized spacial score (nSPS) is 18.7. The van der Waals surface area contributed by atoms with Gasteiger partial charge in [0.25, 0.3) is 0 Å². The van der Waals surface area contributed by atoms with Crippen molar-refractivity contribution in [3.05, 3.63) is 60.8 Å². The molecule has 1 saturated heterocycles. The molecule has 6 N–H and O–H groups in total. The number of carbonyl (C=O) groups is 2. The summed E-state index contributed by atoms with van der Waals surface area (Å²) in [7, 11) is 0. The fourth-order valence-corrected chi connectivity index (χ4v) is 11.2. The highest BCUT2D eigenvalue weighted by Gasteiger charge is 2.47. The molecule has 1 rings (SSSR count). The van der Waals surface area contributed by atoms with Gasteiger partial charge in [-0.2, -0.15) is 0 Å². The Balaban J connectivity index is 2.55. The molecule has 0 aromatic heterocycles. The van der Waals surface area contributed by atoms with Crippen LogP contribution in [0.15, 0.2) is 60.8 Å². The molecule has 85 heavy (non-hydrogen) atoms. The number of carbonyl (C=O) groups excluding carboxylic acids is 2. The van der Waals surface area contributed by atoms with Crippen LogP contribution in [0, 0.1) is 0 Å². The van der Waals surface area contributed by atoms with E-state index >= 15 is 0 Å². The molecule has 1 heterocycles. The number of nitrogens with one attached hydrogen (secondary N) is 1. The second kappa shape index (κ2) is 61.6. The average Bonchev–Trinajstić information content (AvgIpc) is 3.63. The summed E-state index contributed by atoms with van der Waals surface area (Å²) < 4.78 is 17.7. The monoisotopic (exact) mass is 1200 g/mol. The van der Waals surface area contributed by atoms with Gasteiger partial charge in [0.15, 0.2) is 12.4 Å². The third-order valence-electron chi connectivity index (χ3n) is 16.9. The minimum atomic E-state index is -1.61. The summed E-state index contributed by atoms with van der Waals surface area (Å²) in [4.78, 5) is 26.7. The number of hydrogen-bond donors (Lipinski definition) is 6. The first-order valence-corrected chi connectivity index (χ1v) is 36.1. The Labute approximate surface area is 522 Å². The molecule has 1 aliphatic heterocycles. The van der Waals surface area contributed by atoms with Crippen molar-refractivity contribution in [3.63, 3.8) is 0 Å². The molecule has 0 aromatic carbocycles. The summed E-state index contributed by atoms with van der Waals surface area (Å²) >= 11 is 0. The molecule has 0 spiro atoms. The largest absolute Gasteiger partial charge is 0.454 e. The van der Waals surface area contributed by atoms with Gasteiger partial charge in [-0.25, -0.2) is 0 Å². The Morgan fingerprint density at radius 2 is 0.812 bits per heavy atom. The molecule has 11 nitrogen and oxygen atoms in total. The summed E-state index contributed by atoms with van der Waals surface area (Å²) in [5, 5.41) is 57.2. The predicted octanol–water partition coefficient (Wildman–Crippen LogP) is 18.5. The summed E-state index contributed by atoms with van der Waals surface area (Å²) in [5.74, 6) is -1.19. The molecule has 0 aliphatic carbocycles.